The third kappa shape index (κ3) is 56.7. The van der Waals surface area contributed by atoms with Crippen LogP contribution in [0.5, 0.6) is 0 Å². The molecular weight excluding hydrogens is 1140 g/mol. The number of allylic oxidation sites excluding steroid dienone is 2. The van der Waals surface area contributed by atoms with E-state index in [0.29, 0.717) is 52.1 Å². The highest BCUT2D eigenvalue weighted by molar-refractivity contribution is 8.76. The van der Waals surface area contributed by atoms with Gasteiger partial charge < -0.3 is 40.1 Å². The van der Waals surface area contributed by atoms with Gasteiger partial charge in [0, 0.05) is 63.5 Å². The average molecular weight is 1280 g/mol. The molecular formula is C73H139N5O8S2. The number of hydrogen-bond acceptors (Lipinski definition) is 14. The molecule has 0 bridgehead atoms. The summed E-state index contributed by atoms with van der Waals surface area (Å²) >= 11 is 0. The van der Waals surface area contributed by atoms with E-state index >= 15 is 0 Å². The molecule has 88 heavy (non-hydrogen) atoms. The fourth-order valence-corrected chi connectivity index (χ4v) is 13.8. The van der Waals surface area contributed by atoms with Crippen LogP contribution in [0.1, 0.15) is 304 Å². The fourth-order valence-electron chi connectivity index (χ4n) is 11.5. The van der Waals surface area contributed by atoms with E-state index in [1.54, 1.807) is 10.8 Å². The Morgan fingerprint density at radius 3 is 1.43 bits per heavy atom. The molecule has 1 aliphatic heterocycles. The number of hydrogen-bond donors (Lipinski definition) is 4. The van der Waals surface area contributed by atoms with Crippen molar-refractivity contribution in [1.29, 1.82) is 0 Å². The highest BCUT2D eigenvalue weighted by atomic mass is 33.1. The number of piperidine rings is 1. The zero-order valence-electron chi connectivity index (χ0n) is 57.6. The fraction of sp³-hybridized carbons (Fsp3) is 0.890. The van der Waals surface area contributed by atoms with Crippen molar-refractivity contribution in [3.63, 3.8) is 0 Å². The van der Waals surface area contributed by atoms with Crippen LogP contribution in [-0.2, 0) is 28.7 Å². The van der Waals surface area contributed by atoms with E-state index in [2.05, 4.69) is 65.2 Å². The molecule has 0 aromatic rings. The van der Waals surface area contributed by atoms with Crippen LogP contribution in [0.4, 0.5) is 0 Å². The Hall–Kier alpha value is -1.98. The number of likely N-dealkylation sites (tertiary alicyclic amines) is 1. The van der Waals surface area contributed by atoms with Crippen LogP contribution in [0, 0.1) is 0 Å². The van der Waals surface area contributed by atoms with Crippen molar-refractivity contribution in [3.8, 4) is 0 Å². The third-order valence-corrected chi connectivity index (χ3v) is 19.7. The van der Waals surface area contributed by atoms with Gasteiger partial charge in [0.2, 0.25) is 5.91 Å². The molecule has 1 rings (SSSR count). The van der Waals surface area contributed by atoms with E-state index in [4.69, 9.17) is 9.47 Å². The SMILES string of the molecule is CCCCCC/C=C\COC(=O)CCCCCCCN(CCCCCCCC(=O)OC/C=C\CCCCCC)CCCCSSCCC(NC(=O)CCN(CC(O)CCCCCCCC)CC(O)CCCCCCCC)C(=O)CNCCN1CCCCC1. The highest BCUT2D eigenvalue weighted by Gasteiger charge is 2.23. The molecule has 0 aromatic heterocycles. The number of carbonyl (C=O) groups is 4. The molecule has 1 aliphatic rings. The maximum atomic E-state index is 13.9. The predicted octanol–water partition coefficient (Wildman–Crippen LogP) is 16.7. The van der Waals surface area contributed by atoms with Crippen LogP contribution in [0.15, 0.2) is 24.3 Å². The van der Waals surface area contributed by atoms with E-state index in [-0.39, 0.29) is 36.6 Å². The Morgan fingerprint density at radius 2 is 0.920 bits per heavy atom. The standard InChI is InChI=1S/C73H139N5O8S2/c1-5-9-13-17-21-31-43-60-85-72(83)48-36-27-23-29-38-53-76(54-39-30-24-28-37-49-73(84)86-61-44-32-22-18-14-10-6-2)57-42-45-62-87-88-63-51-69(70(81)64-74-52-59-77-55-40-33-41-56-77)75-71(82)50-58-78(65-67(79)46-34-25-19-15-11-7-3)66-68(80)47-35-26-20-16-12-8-4/h31-32,43-44,67-69,74,79-80H,5-30,33-42,45-66H2,1-4H3,(H,75,82)/b43-31-,44-32-. The summed E-state index contributed by atoms with van der Waals surface area (Å²) in [5, 5.41) is 28.8. The molecule has 0 spiro atoms. The molecule has 15 heteroatoms. The first kappa shape index (κ1) is 84.0. The largest absolute Gasteiger partial charge is 0.461 e. The monoisotopic (exact) mass is 1280 g/mol. The van der Waals surface area contributed by atoms with E-state index in [1.807, 2.05) is 22.9 Å². The van der Waals surface area contributed by atoms with E-state index in [9.17, 15) is 29.4 Å². The smallest absolute Gasteiger partial charge is 0.306 e. The third-order valence-electron chi connectivity index (χ3n) is 17.2. The number of carbonyl (C=O) groups excluding carboxylic acids is 4. The zero-order valence-corrected chi connectivity index (χ0v) is 59.2. The first-order valence-electron chi connectivity index (χ1n) is 37.0. The Balaban J connectivity index is 2.75. The number of ether oxygens (including phenoxy) is 2. The lowest BCUT2D eigenvalue weighted by Crippen LogP contribution is -2.47. The summed E-state index contributed by atoms with van der Waals surface area (Å²) in [7, 11) is 3.67. The van der Waals surface area contributed by atoms with Crippen molar-refractivity contribution in [1.82, 2.24) is 25.3 Å². The van der Waals surface area contributed by atoms with E-state index < -0.39 is 18.2 Å². The van der Waals surface area contributed by atoms with Gasteiger partial charge in [0.15, 0.2) is 5.78 Å². The van der Waals surface area contributed by atoms with Crippen LogP contribution in [0.3, 0.4) is 0 Å². The molecule has 0 aliphatic carbocycles. The summed E-state index contributed by atoms with van der Waals surface area (Å²) < 4.78 is 10.9. The quantitative estimate of drug-likeness (QED) is 0.0197. The summed E-state index contributed by atoms with van der Waals surface area (Å²) in [6.07, 6.45) is 53.3. The lowest BCUT2D eigenvalue weighted by atomic mass is 10.1. The minimum atomic E-state index is -0.570. The van der Waals surface area contributed by atoms with Gasteiger partial charge in [0.05, 0.1) is 24.8 Å². The second-order valence-corrected chi connectivity index (χ2v) is 28.3. The minimum absolute atomic E-state index is 0.0251. The Bertz CT molecular complexity index is 1560. The summed E-state index contributed by atoms with van der Waals surface area (Å²) in [5.74, 6) is 1.49. The molecule has 1 amide bonds. The van der Waals surface area contributed by atoms with Crippen molar-refractivity contribution in [2.75, 3.05) is 96.7 Å². The van der Waals surface area contributed by atoms with Gasteiger partial charge in [-0.25, -0.2) is 0 Å². The molecule has 3 unspecified atom stereocenters. The van der Waals surface area contributed by atoms with Gasteiger partial charge in [-0.1, -0.05) is 234 Å². The number of aliphatic hydroxyl groups excluding tert-OH is 2. The second kappa shape index (κ2) is 65.1. The highest BCUT2D eigenvalue weighted by Crippen LogP contribution is 2.25. The summed E-state index contributed by atoms with van der Waals surface area (Å²) in [4.78, 5) is 59.4. The maximum absolute atomic E-state index is 13.9. The van der Waals surface area contributed by atoms with Crippen LogP contribution in [0.2, 0.25) is 0 Å². The average Bonchev–Trinajstić information content (AvgIpc) is 3.60. The molecule has 3 atom stereocenters. The molecule has 1 saturated heterocycles. The number of Topliss-reactive ketones (excluding diaryl/α,β-unsaturated/α-hetero) is 1. The first-order chi connectivity index (χ1) is 43.1. The molecule has 0 saturated carbocycles. The van der Waals surface area contributed by atoms with Gasteiger partial charge in [-0.15, -0.1) is 0 Å². The van der Waals surface area contributed by atoms with Gasteiger partial charge in [0.1, 0.15) is 13.2 Å². The maximum Gasteiger partial charge on any atom is 0.306 e. The molecule has 516 valence electrons. The first-order valence-corrected chi connectivity index (χ1v) is 39.5. The van der Waals surface area contributed by atoms with Crippen LogP contribution in [-0.4, -0.2) is 164 Å². The summed E-state index contributed by atoms with van der Waals surface area (Å²) in [6.45, 7) is 18.4. The number of ketones is 1. The molecule has 0 aromatic carbocycles. The van der Waals surface area contributed by atoms with Crippen molar-refractivity contribution < 1.29 is 38.9 Å². The molecule has 1 heterocycles. The molecule has 0 radical (unpaired) electrons. The van der Waals surface area contributed by atoms with Crippen molar-refractivity contribution in [2.24, 2.45) is 0 Å². The molecule has 1 fully saturated rings. The number of unbranched alkanes of at least 4 members (excludes halogenated alkanes) is 27. The number of amides is 1. The van der Waals surface area contributed by atoms with Gasteiger partial charge in [-0.05, 0) is 129 Å². The minimum Gasteiger partial charge on any atom is -0.461 e. The van der Waals surface area contributed by atoms with Gasteiger partial charge in [-0.2, -0.15) is 0 Å². The van der Waals surface area contributed by atoms with Gasteiger partial charge >= 0.3 is 11.9 Å². The van der Waals surface area contributed by atoms with Crippen LogP contribution in [0.25, 0.3) is 0 Å². The lowest BCUT2D eigenvalue weighted by Gasteiger charge is -2.28. The summed E-state index contributed by atoms with van der Waals surface area (Å²) in [6, 6.07) is -0.570. The Labute approximate surface area is 549 Å². The molecule has 4 N–H and O–H groups in total. The van der Waals surface area contributed by atoms with Gasteiger partial charge in [0.25, 0.3) is 0 Å². The van der Waals surface area contributed by atoms with E-state index in [0.717, 1.165) is 186 Å². The lowest BCUT2D eigenvalue weighted by molar-refractivity contribution is -0.143. The predicted molar refractivity (Wildman–Crippen MR) is 377 cm³/mol. The Morgan fingerprint density at radius 1 is 0.477 bits per heavy atom. The van der Waals surface area contributed by atoms with Gasteiger partial charge in [-0.3, -0.25) is 24.1 Å². The summed E-state index contributed by atoms with van der Waals surface area (Å²) in [5.41, 5.74) is 0. The number of esters is 2. The van der Waals surface area contributed by atoms with Crippen LogP contribution < -0.4 is 10.6 Å². The van der Waals surface area contributed by atoms with Crippen molar-refractivity contribution in [2.45, 2.75) is 322 Å². The van der Waals surface area contributed by atoms with Crippen molar-refractivity contribution in [3.05, 3.63) is 24.3 Å². The van der Waals surface area contributed by atoms with Crippen molar-refractivity contribution >= 4 is 45.2 Å². The number of nitrogens with one attached hydrogen (secondary N) is 2. The number of nitrogens with zero attached hydrogens (tertiary/aromatic N) is 3. The Kier molecular flexibility index (Phi) is 62.2. The normalized spacial score (nSPS) is 14.2. The second-order valence-electron chi connectivity index (χ2n) is 25.6. The topological polar surface area (TPSA) is 161 Å². The molecule has 13 nitrogen and oxygen atoms in total. The van der Waals surface area contributed by atoms with Crippen LogP contribution >= 0.6 is 21.6 Å². The van der Waals surface area contributed by atoms with E-state index in [1.165, 1.54) is 122 Å². The zero-order chi connectivity index (χ0) is 63.9. The number of rotatable bonds is 67. The number of aliphatic hydroxyl groups is 2.